The Morgan fingerprint density at radius 3 is 2.29 bits per heavy atom. The van der Waals surface area contributed by atoms with E-state index in [2.05, 4.69) is 40.7 Å². The molecule has 1 atom stereocenters. The molecule has 42 heavy (non-hydrogen) atoms. The first kappa shape index (κ1) is 33.1. The van der Waals surface area contributed by atoms with E-state index >= 15 is 0 Å². The molecule has 0 saturated carbocycles. The van der Waals surface area contributed by atoms with Crippen molar-refractivity contribution in [3.8, 4) is 0 Å². The van der Waals surface area contributed by atoms with Gasteiger partial charge in [-0.2, -0.15) is 13.2 Å². The van der Waals surface area contributed by atoms with E-state index in [1.165, 1.54) is 6.20 Å². The molecule has 0 bridgehead atoms. The molecular formula is C28H38F3N5O5S. The predicted octanol–water partition coefficient (Wildman–Crippen LogP) is 4.14. The van der Waals surface area contributed by atoms with Crippen molar-refractivity contribution in [2.45, 2.75) is 63.6 Å². The number of hydrogen-bond acceptors (Lipinski definition) is 7. The summed E-state index contributed by atoms with van der Waals surface area (Å²) in [6, 6.07) is 8.77. The number of aliphatic carboxylic acids is 1. The Labute approximate surface area is 244 Å². The van der Waals surface area contributed by atoms with Gasteiger partial charge in [0.1, 0.15) is 5.82 Å². The van der Waals surface area contributed by atoms with E-state index in [0.29, 0.717) is 29.5 Å². The minimum Gasteiger partial charge on any atom is -0.475 e. The molecule has 3 heterocycles. The van der Waals surface area contributed by atoms with Crippen LogP contribution in [0.2, 0.25) is 0 Å². The number of benzene rings is 1. The average molecular weight is 614 g/mol. The molecule has 0 spiro atoms. The summed E-state index contributed by atoms with van der Waals surface area (Å²) in [7, 11) is -3.81. The smallest absolute Gasteiger partial charge is 0.475 e. The summed E-state index contributed by atoms with van der Waals surface area (Å²) in [5.74, 6) is -1.73. The van der Waals surface area contributed by atoms with Gasteiger partial charge in [0.2, 0.25) is 0 Å². The van der Waals surface area contributed by atoms with E-state index in [1.54, 1.807) is 18.2 Å². The number of piperidine rings is 1. The molecule has 10 nitrogen and oxygen atoms in total. The molecular weight excluding hydrogens is 575 g/mol. The second kappa shape index (κ2) is 14.2. The largest absolute Gasteiger partial charge is 0.490 e. The standard InChI is InChI=1S/C26H37N5O3S.C2HF3O2/c1-19(2)16-21-7-9-23(10-8-21)35(33,34)29-22-17-24(26(32)31-13-5-4-6-20(31)3)25(28-18-22)30-14-11-27-12-15-30;3-2(4,5)1(6)7/h7-10,17-20,27,29H,4-6,11-16H2,1-3H3;(H,6,7). The first-order chi connectivity index (χ1) is 19.7. The number of hydrogen-bond donors (Lipinski definition) is 3. The minimum absolute atomic E-state index is 0.0858. The number of carboxylic acid groups (broad SMARTS) is 1. The van der Waals surface area contributed by atoms with Gasteiger partial charge in [-0.25, -0.2) is 18.2 Å². The number of aromatic nitrogens is 1. The molecule has 4 rings (SSSR count). The zero-order chi connectivity index (χ0) is 31.1. The summed E-state index contributed by atoms with van der Waals surface area (Å²) in [5, 5.41) is 10.4. The number of anilines is 2. The third kappa shape index (κ3) is 9.05. The number of rotatable bonds is 7. The summed E-state index contributed by atoms with van der Waals surface area (Å²) in [5.41, 5.74) is 1.85. The topological polar surface area (TPSA) is 132 Å². The fourth-order valence-electron chi connectivity index (χ4n) is 4.84. The van der Waals surface area contributed by atoms with Gasteiger partial charge in [0, 0.05) is 38.8 Å². The first-order valence-electron chi connectivity index (χ1n) is 13.9. The van der Waals surface area contributed by atoms with Crippen LogP contribution in [0.5, 0.6) is 0 Å². The lowest BCUT2D eigenvalue weighted by Gasteiger charge is -2.35. The normalized spacial score (nSPS) is 17.8. The van der Waals surface area contributed by atoms with Crippen LogP contribution >= 0.6 is 0 Å². The van der Waals surface area contributed by atoms with Crippen LogP contribution in [0.25, 0.3) is 0 Å². The van der Waals surface area contributed by atoms with Gasteiger partial charge < -0.3 is 20.2 Å². The molecule has 232 valence electrons. The van der Waals surface area contributed by atoms with Gasteiger partial charge in [-0.05, 0) is 62.3 Å². The maximum absolute atomic E-state index is 13.7. The van der Waals surface area contributed by atoms with Crippen molar-refractivity contribution in [2.75, 3.05) is 42.3 Å². The first-order valence-corrected chi connectivity index (χ1v) is 15.4. The minimum atomic E-state index is -5.08. The molecule has 14 heteroatoms. The summed E-state index contributed by atoms with van der Waals surface area (Å²) >= 11 is 0. The van der Waals surface area contributed by atoms with Crippen molar-refractivity contribution in [1.29, 1.82) is 0 Å². The monoisotopic (exact) mass is 613 g/mol. The number of nitrogens with zero attached hydrogens (tertiary/aromatic N) is 3. The van der Waals surface area contributed by atoms with E-state index in [0.717, 1.165) is 57.4 Å². The van der Waals surface area contributed by atoms with Crippen molar-refractivity contribution >= 4 is 33.4 Å². The van der Waals surface area contributed by atoms with Crippen LogP contribution in [0.1, 0.15) is 56.0 Å². The van der Waals surface area contributed by atoms with Crippen molar-refractivity contribution in [3.63, 3.8) is 0 Å². The molecule has 1 aromatic carbocycles. The number of amides is 1. The molecule has 1 amide bonds. The van der Waals surface area contributed by atoms with Gasteiger partial charge in [-0.3, -0.25) is 9.52 Å². The van der Waals surface area contributed by atoms with E-state index in [9.17, 15) is 26.4 Å². The summed E-state index contributed by atoms with van der Waals surface area (Å²) in [6.45, 7) is 10.2. The molecule has 0 aliphatic carbocycles. The third-order valence-electron chi connectivity index (χ3n) is 6.95. The predicted molar refractivity (Wildman–Crippen MR) is 153 cm³/mol. The second-order valence-electron chi connectivity index (χ2n) is 10.8. The number of alkyl halides is 3. The van der Waals surface area contributed by atoms with Crippen LogP contribution in [0.4, 0.5) is 24.7 Å². The molecule has 2 fully saturated rings. The Balaban J connectivity index is 0.000000616. The van der Waals surface area contributed by atoms with Gasteiger partial charge in [-0.15, -0.1) is 0 Å². The highest BCUT2D eigenvalue weighted by Gasteiger charge is 2.38. The number of nitrogens with one attached hydrogen (secondary N) is 2. The number of carbonyl (C=O) groups excluding carboxylic acids is 1. The highest BCUT2D eigenvalue weighted by molar-refractivity contribution is 7.92. The lowest BCUT2D eigenvalue weighted by Crippen LogP contribution is -2.46. The summed E-state index contributed by atoms with van der Waals surface area (Å²) in [6.07, 6.45) is 0.389. The highest BCUT2D eigenvalue weighted by Crippen LogP contribution is 2.28. The molecule has 0 radical (unpaired) electrons. The number of likely N-dealkylation sites (tertiary alicyclic amines) is 1. The highest BCUT2D eigenvalue weighted by atomic mass is 32.2. The Morgan fingerprint density at radius 2 is 1.74 bits per heavy atom. The van der Waals surface area contributed by atoms with Gasteiger partial charge in [0.15, 0.2) is 0 Å². The van der Waals surface area contributed by atoms with Crippen LogP contribution in [0.3, 0.4) is 0 Å². The van der Waals surface area contributed by atoms with Crippen LogP contribution < -0.4 is 14.9 Å². The van der Waals surface area contributed by atoms with E-state index in [4.69, 9.17) is 9.90 Å². The number of piperazine rings is 1. The van der Waals surface area contributed by atoms with Crippen LogP contribution in [0, 0.1) is 5.92 Å². The Morgan fingerprint density at radius 1 is 1.12 bits per heavy atom. The van der Waals surface area contributed by atoms with Crippen molar-refractivity contribution in [2.24, 2.45) is 5.92 Å². The maximum atomic E-state index is 13.7. The van der Waals surface area contributed by atoms with Crippen LogP contribution in [0.15, 0.2) is 41.4 Å². The number of carboxylic acids is 1. The number of sulfonamides is 1. The van der Waals surface area contributed by atoms with Crippen molar-refractivity contribution in [3.05, 3.63) is 47.7 Å². The van der Waals surface area contributed by atoms with Crippen molar-refractivity contribution < 1.29 is 36.3 Å². The quantitative estimate of drug-likeness (QED) is 0.425. The number of halogens is 3. The van der Waals surface area contributed by atoms with Gasteiger partial charge >= 0.3 is 12.1 Å². The lowest BCUT2D eigenvalue weighted by atomic mass is 10.0. The fraction of sp³-hybridized carbons (Fsp3) is 0.536. The molecule has 2 aliphatic rings. The molecule has 2 saturated heterocycles. The summed E-state index contributed by atoms with van der Waals surface area (Å²) < 4.78 is 60.6. The average Bonchev–Trinajstić information content (AvgIpc) is 2.93. The Bertz CT molecular complexity index is 1330. The maximum Gasteiger partial charge on any atom is 0.490 e. The molecule has 2 aliphatic heterocycles. The Hall–Kier alpha value is -3.39. The molecule has 2 aromatic rings. The van der Waals surface area contributed by atoms with Crippen molar-refractivity contribution in [1.82, 2.24) is 15.2 Å². The lowest BCUT2D eigenvalue weighted by molar-refractivity contribution is -0.192. The second-order valence-corrected chi connectivity index (χ2v) is 12.5. The summed E-state index contributed by atoms with van der Waals surface area (Å²) in [4.78, 5) is 31.3. The van der Waals surface area contributed by atoms with E-state index in [-0.39, 0.29) is 16.8 Å². The number of pyridine rings is 1. The molecule has 3 N–H and O–H groups in total. The van der Waals surface area contributed by atoms with E-state index < -0.39 is 22.2 Å². The van der Waals surface area contributed by atoms with Gasteiger partial charge in [0.05, 0.1) is 22.3 Å². The van der Waals surface area contributed by atoms with Gasteiger partial charge in [-0.1, -0.05) is 26.0 Å². The van der Waals surface area contributed by atoms with Crippen LogP contribution in [-0.4, -0.2) is 80.2 Å². The van der Waals surface area contributed by atoms with E-state index in [1.807, 2.05) is 17.0 Å². The zero-order valence-electron chi connectivity index (χ0n) is 23.9. The van der Waals surface area contributed by atoms with Gasteiger partial charge in [0.25, 0.3) is 15.9 Å². The van der Waals surface area contributed by atoms with Crippen LogP contribution in [-0.2, 0) is 21.2 Å². The molecule has 1 aromatic heterocycles. The SMILES string of the molecule is CC(C)Cc1ccc(S(=O)(=O)Nc2cnc(N3CCNCC3)c(C(=O)N3CCCCC3C)c2)cc1.O=C(O)C(F)(F)F. The Kier molecular flexibility index (Phi) is 11.2. The fourth-order valence-corrected chi connectivity index (χ4v) is 5.88. The molecule has 1 unspecified atom stereocenters. The zero-order valence-corrected chi connectivity index (χ0v) is 24.8. The third-order valence-corrected chi connectivity index (χ3v) is 8.35. The number of carbonyl (C=O) groups is 2.